The van der Waals surface area contributed by atoms with Crippen LogP contribution < -0.4 is 10.2 Å². The van der Waals surface area contributed by atoms with E-state index in [9.17, 15) is 4.79 Å². The zero-order chi connectivity index (χ0) is 24.7. The smallest absolute Gasteiger partial charge is 0.311 e. The number of benzene rings is 2. The third-order valence-electron chi connectivity index (χ3n) is 8.73. The van der Waals surface area contributed by atoms with Gasteiger partial charge in [0.25, 0.3) is 0 Å². The second-order valence-electron chi connectivity index (χ2n) is 11.2. The Balaban J connectivity index is 1.13. The summed E-state index contributed by atoms with van der Waals surface area (Å²) in [4.78, 5) is 25.9. The number of carbonyl (C=O) groups is 1. The highest BCUT2D eigenvalue weighted by molar-refractivity contribution is 6.33. The van der Waals surface area contributed by atoms with Gasteiger partial charge in [0, 0.05) is 36.1 Å². The van der Waals surface area contributed by atoms with Gasteiger partial charge in [-0.1, -0.05) is 29.8 Å². The van der Waals surface area contributed by atoms with Crippen LogP contribution in [-0.2, 0) is 28.1 Å². The molecule has 3 aliphatic heterocycles. The standard InChI is InChI=1S/C29H28ClN5O2/c30-23-13-31-28(33-27(23)35-16-29(12-25(36)37-29)22-6-1-2-7-24(22)35)32-20-10-17-4-3-5-18-14-34(21-8-9-21)15-19(11-20)26(17)18/h1-2,6-7,10-11,13,18,21H,3-5,8-9,12,14-16H2,(H,31,32,33). The first-order valence-corrected chi connectivity index (χ1v) is 13.7. The van der Waals surface area contributed by atoms with Gasteiger partial charge in [0.2, 0.25) is 5.95 Å². The molecule has 8 rings (SSSR count). The van der Waals surface area contributed by atoms with Gasteiger partial charge in [-0.05, 0) is 72.9 Å². The predicted molar refractivity (Wildman–Crippen MR) is 142 cm³/mol. The van der Waals surface area contributed by atoms with Crippen LogP contribution in [0.15, 0.2) is 42.6 Å². The summed E-state index contributed by atoms with van der Waals surface area (Å²) >= 11 is 6.64. The Kier molecular flexibility index (Phi) is 4.68. The molecule has 37 heavy (non-hydrogen) atoms. The Labute approximate surface area is 220 Å². The lowest BCUT2D eigenvalue weighted by molar-refractivity contribution is -0.190. The molecule has 0 radical (unpaired) electrons. The predicted octanol–water partition coefficient (Wildman–Crippen LogP) is 5.57. The number of ether oxygens (including phenoxy) is 1. The number of para-hydroxylation sites is 1. The van der Waals surface area contributed by atoms with Crippen molar-refractivity contribution in [3.63, 3.8) is 0 Å². The molecule has 1 aromatic heterocycles. The highest BCUT2D eigenvalue weighted by Crippen LogP contribution is 2.52. The van der Waals surface area contributed by atoms with E-state index in [4.69, 9.17) is 21.3 Å². The monoisotopic (exact) mass is 513 g/mol. The molecule has 0 bridgehead atoms. The van der Waals surface area contributed by atoms with E-state index in [-0.39, 0.29) is 5.97 Å². The highest BCUT2D eigenvalue weighted by atomic mass is 35.5. The fourth-order valence-electron chi connectivity index (χ4n) is 6.99. The van der Waals surface area contributed by atoms with Gasteiger partial charge in [0.05, 0.1) is 19.2 Å². The molecule has 3 aromatic rings. The number of nitrogens with one attached hydrogen (secondary N) is 1. The van der Waals surface area contributed by atoms with E-state index in [1.165, 1.54) is 43.4 Å². The van der Waals surface area contributed by atoms with Crippen LogP contribution in [0, 0.1) is 0 Å². The van der Waals surface area contributed by atoms with Crippen molar-refractivity contribution in [3.8, 4) is 0 Å². The molecule has 0 amide bonds. The summed E-state index contributed by atoms with van der Waals surface area (Å²) in [6, 6.07) is 13.4. The lowest BCUT2D eigenvalue weighted by Gasteiger charge is -2.39. The minimum Gasteiger partial charge on any atom is -0.451 e. The molecular weight excluding hydrogens is 486 g/mol. The number of hydrogen-bond donors (Lipinski definition) is 1. The van der Waals surface area contributed by atoms with Gasteiger partial charge >= 0.3 is 5.97 Å². The zero-order valence-corrected chi connectivity index (χ0v) is 21.3. The summed E-state index contributed by atoms with van der Waals surface area (Å²) in [6.45, 7) is 2.75. The van der Waals surface area contributed by atoms with Gasteiger partial charge in [0.1, 0.15) is 5.02 Å². The first kappa shape index (κ1) is 21.9. The molecule has 2 atom stereocenters. The molecule has 8 heteroatoms. The Morgan fingerprint density at radius 1 is 1.14 bits per heavy atom. The molecule has 1 saturated carbocycles. The average Bonchev–Trinajstić information content (AvgIpc) is 3.68. The van der Waals surface area contributed by atoms with Crippen LogP contribution in [0.25, 0.3) is 0 Å². The number of carbonyl (C=O) groups excluding carboxylic acids is 1. The van der Waals surface area contributed by atoms with Crippen molar-refractivity contribution in [2.45, 2.75) is 62.6 Å². The normalized spacial score (nSPS) is 25.9. The number of rotatable bonds is 4. The van der Waals surface area contributed by atoms with Crippen molar-refractivity contribution in [1.29, 1.82) is 0 Å². The van der Waals surface area contributed by atoms with Gasteiger partial charge in [-0.15, -0.1) is 0 Å². The molecular formula is C29H28ClN5O2. The second-order valence-corrected chi connectivity index (χ2v) is 11.6. The molecule has 2 fully saturated rings. The lowest BCUT2D eigenvalue weighted by atomic mass is 9.77. The summed E-state index contributed by atoms with van der Waals surface area (Å²) < 4.78 is 5.67. The molecule has 188 valence electrons. The van der Waals surface area contributed by atoms with Gasteiger partial charge in [0.15, 0.2) is 11.4 Å². The van der Waals surface area contributed by atoms with Crippen LogP contribution in [0.3, 0.4) is 0 Å². The maximum absolute atomic E-state index is 11.8. The summed E-state index contributed by atoms with van der Waals surface area (Å²) in [5, 5.41) is 3.95. The highest BCUT2D eigenvalue weighted by Gasteiger charge is 2.55. The number of halogens is 1. The van der Waals surface area contributed by atoms with E-state index in [2.05, 4.69) is 27.3 Å². The number of aryl methyl sites for hydroxylation is 1. The van der Waals surface area contributed by atoms with E-state index < -0.39 is 5.60 Å². The zero-order valence-electron chi connectivity index (χ0n) is 20.5. The van der Waals surface area contributed by atoms with Crippen molar-refractivity contribution in [1.82, 2.24) is 14.9 Å². The summed E-state index contributed by atoms with van der Waals surface area (Å²) in [7, 11) is 0. The van der Waals surface area contributed by atoms with Crippen LogP contribution in [0.2, 0.25) is 5.02 Å². The molecule has 5 aliphatic rings. The Hall–Kier alpha value is -3.16. The fraction of sp³-hybridized carbons (Fsp3) is 0.414. The summed E-state index contributed by atoms with van der Waals surface area (Å²) in [5.41, 5.74) is 6.91. The van der Waals surface area contributed by atoms with E-state index in [1.807, 2.05) is 29.2 Å². The number of hydrogen-bond acceptors (Lipinski definition) is 7. The molecule has 1 saturated heterocycles. The first-order chi connectivity index (χ1) is 18.1. The van der Waals surface area contributed by atoms with Crippen LogP contribution >= 0.6 is 11.6 Å². The minimum absolute atomic E-state index is 0.174. The van der Waals surface area contributed by atoms with Crippen LogP contribution in [0.4, 0.5) is 23.1 Å². The van der Waals surface area contributed by atoms with Crippen LogP contribution in [0.5, 0.6) is 0 Å². The third kappa shape index (κ3) is 3.47. The lowest BCUT2D eigenvalue weighted by Crippen LogP contribution is -2.47. The Morgan fingerprint density at radius 2 is 1.97 bits per heavy atom. The quantitative estimate of drug-likeness (QED) is 0.457. The maximum Gasteiger partial charge on any atom is 0.311 e. The maximum atomic E-state index is 11.8. The summed E-state index contributed by atoms with van der Waals surface area (Å²) in [5.74, 6) is 1.62. The molecule has 2 unspecified atom stereocenters. The van der Waals surface area contributed by atoms with Crippen LogP contribution in [0.1, 0.15) is 60.3 Å². The van der Waals surface area contributed by atoms with E-state index in [0.717, 1.165) is 35.9 Å². The van der Waals surface area contributed by atoms with Crippen molar-refractivity contribution >= 4 is 40.7 Å². The Morgan fingerprint density at radius 3 is 2.81 bits per heavy atom. The Bertz CT molecular complexity index is 1450. The number of nitrogens with zero attached hydrogens (tertiary/aromatic N) is 4. The van der Waals surface area contributed by atoms with Crippen molar-refractivity contribution in [2.75, 3.05) is 23.3 Å². The van der Waals surface area contributed by atoms with E-state index >= 15 is 0 Å². The van der Waals surface area contributed by atoms with Crippen molar-refractivity contribution in [2.24, 2.45) is 0 Å². The average molecular weight is 514 g/mol. The largest absolute Gasteiger partial charge is 0.451 e. The molecule has 1 N–H and O–H groups in total. The number of esters is 1. The molecule has 4 heterocycles. The van der Waals surface area contributed by atoms with Crippen molar-refractivity contribution < 1.29 is 9.53 Å². The molecule has 7 nitrogen and oxygen atoms in total. The third-order valence-corrected chi connectivity index (χ3v) is 8.99. The molecule has 1 spiro atoms. The number of anilines is 4. The fourth-order valence-corrected chi connectivity index (χ4v) is 7.18. The molecule has 2 aromatic carbocycles. The van der Waals surface area contributed by atoms with Gasteiger partial charge in [-0.2, -0.15) is 4.98 Å². The first-order valence-electron chi connectivity index (χ1n) is 13.3. The number of aromatic nitrogens is 2. The topological polar surface area (TPSA) is 70.6 Å². The number of fused-ring (bicyclic) bond motifs is 2. The van der Waals surface area contributed by atoms with Gasteiger partial charge in [-0.25, -0.2) is 4.98 Å². The van der Waals surface area contributed by atoms with E-state index in [1.54, 1.807) is 11.8 Å². The van der Waals surface area contributed by atoms with Crippen LogP contribution in [-0.4, -0.2) is 40.0 Å². The SMILES string of the molecule is O=C1CC2(CN(c3nc(Nc4cc5c6c(c4)CN(C4CC4)CC6CCC5)ncc3Cl)c3ccccc32)O1. The minimum atomic E-state index is -0.624. The molecule has 2 aliphatic carbocycles. The van der Waals surface area contributed by atoms with E-state index in [0.29, 0.717) is 35.7 Å². The van der Waals surface area contributed by atoms with Gasteiger partial charge in [-0.3, -0.25) is 9.69 Å². The second kappa shape index (κ2) is 7.92. The van der Waals surface area contributed by atoms with Crippen molar-refractivity contribution in [3.05, 3.63) is 69.9 Å². The summed E-state index contributed by atoms with van der Waals surface area (Å²) in [6.07, 6.45) is 8.39. The van der Waals surface area contributed by atoms with Gasteiger partial charge < -0.3 is 15.0 Å².